The predicted octanol–water partition coefficient (Wildman–Crippen LogP) is 4.10. The van der Waals surface area contributed by atoms with Gasteiger partial charge in [-0.3, -0.25) is 4.84 Å². The zero-order chi connectivity index (χ0) is 16.7. The number of nitrogens with zero attached hydrogens (tertiary/aromatic N) is 1. The molecule has 0 unspecified atom stereocenters. The van der Waals surface area contributed by atoms with E-state index in [9.17, 15) is 4.79 Å². The van der Waals surface area contributed by atoms with Crippen LogP contribution in [0.25, 0.3) is 10.8 Å². The molecule has 1 amide bonds. The number of hydrogen-bond donors (Lipinski definition) is 1. The molecular formula is C18H22N2O3. The summed E-state index contributed by atoms with van der Waals surface area (Å²) in [6.07, 6.45) is 1.42. The van der Waals surface area contributed by atoms with Crippen LogP contribution in [0.3, 0.4) is 0 Å². The highest BCUT2D eigenvalue weighted by Gasteiger charge is 2.04. The van der Waals surface area contributed by atoms with Crippen molar-refractivity contribution >= 4 is 22.6 Å². The van der Waals surface area contributed by atoms with Gasteiger partial charge >= 0.3 is 6.09 Å². The molecule has 1 N–H and O–H groups in total. The van der Waals surface area contributed by atoms with Crippen LogP contribution in [0.5, 0.6) is 5.75 Å². The summed E-state index contributed by atoms with van der Waals surface area (Å²) in [4.78, 5) is 16.4. The highest BCUT2D eigenvalue weighted by Crippen LogP contribution is 2.22. The smallest absolute Gasteiger partial charge is 0.433 e. The van der Waals surface area contributed by atoms with Crippen LogP contribution in [0.15, 0.2) is 41.6 Å². The monoisotopic (exact) mass is 314 g/mol. The number of carbonyl (C=O) groups excluding carboxylic acids is 1. The number of fused-ring (bicyclic) bond motifs is 1. The molecular weight excluding hydrogens is 292 g/mol. The molecule has 0 aliphatic heterocycles. The Morgan fingerprint density at radius 1 is 1.17 bits per heavy atom. The molecule has 5 nitrogen and oxygen atoms in total. The molecule has 2 aromatic carbocycles. The number of unbranched alkanes of at least 4 members (excludes halogenated alkanes) is 1. The molecule has 0 fully saturated rings. The van der Waals surface area contributed by atoms with Crippen molar-refractivity contribution in [2.75, 3.05) is 13.7 Å². The Labute approximate surface area is 136 Å². The fraction of sp³-hybridized carbons (Fsp3) is 0.333. The molecule has 23 heavy (non-hydrogen) atoms. The Morgan fingerprint density at radius 3 is 2.65 bits per heavy atom. The minimum Gasteiger partial charge on any atom is -0.497 e. The van der Waals surface area contributed by atoms with Crippen molar-refractivity contribution in [2.24, 2.45) is 5.16 Å². The van der Waals surface area contributed by atoms with Crippen molar-refractivity contribution in [3.8, 4) is 5.75 Å². The quantitative estimate of drug-likeness (QED) is 0.378. The highest BCUT2D eigenvalue weighted by molar-refractivity contribution is 6.02. The van der Waals surface area contributed by atoms with Gasteiger partial charge in [0.1, 0.15) is 5.75 Å². The van der Waals surface area contributed by atoms with Gasteiger partial charge in [-0.15, -0.1) is 0 Å². The minimum absolute atomic E-state index is 0.525. The van der Waals surface area contributed by atoms with Crippen molar-refractivity contribution in [3.63, 3.8) is 0 Å². The van der Waals surface area contributed by atoms with Crippen LogP contribution in [0.2, 0.25) is 0 Å². The van der Waals surface area contributed by atoms with Gasteiger partial charge in [0.25, 0.3) is 0 Å². The van der Waals surface area contributed by atoms with Crippen molar-refractivity contribution < 1.29 is 14.4 Å². The maximum atomic E-state index is 11.5. The van der Waals surface area contributed by atoms with Crippen molar-refractivity contribution in [1.29, 1.82) is 0 Å². The maximum Gasteiger partial charge on any atom is 0.433 e. The molecule has 0 atom stereocenters. The average molecular weight is 314 g/mol. The summed E-state index contributed by atoms with van der Waals surface area (Å²) in [6.45, 7) is 4.47. The van der Waals surface area contributed by atoms with E-state index in [1.54, 1.807) is 7.11 Å². The van der Waals surface area contributed by atoms with Gasteiger partial charge in [0.2, 0.25) is 0 Å². The summed E-state index contributed by atoms with van der Waals surface area (Å²) in [7, 11) is 1.65. The lowest BCUT2D eigenvalue weighted by Gasteiger charge is -2.06. The first-order chi connectivity index (χ1) is 11.1. The van der Waals surface area contributed by atoms with E-state index < -0.39 is 6.09 Å². The fourth-order valence-corrected chi connectivity index (χ4v) is 2.14. The molecule has 5 heteroatoms. The van der Waals surface area contributed by atoms with Crippen LogP contribution in [0, 0.1) is 0 Å². The van der Waals surface area contributed by atoms with E-state index in [0.717, 1.165) is 34.9 Å². The van der Waals surface area contributed by atoms with Gasteiger partial charge in [0.05, 0.1) is 12.8 Å². The molecule has 0 bridgehead atoms. The Balaban J connectivity index is 2.06. The number of methoxy groups -OCH3 is 1. The van der Waals surface area contributed by atoms with Gasteiger partial charge in [-0.25, -0.2) is 4.79 Å². The number of carbonyl (C=O) groups is 1. The van der Waals surface area contributed by atoms with Crippen LogP contribution in [0.1, 0.15) is 32.3 Å². The van der Waals surface area contributed by atoms with Crippen molar-refractivity contribution in [3.05, 3.63) is 42.0 Å². The van der Waals surface area contributed by atoms with E-state index in [0.29, 0.717) is 12.3 Å². The molecule has 0 heterocycles. The number of oxime groups is 1. The van der Waals surface area contributed by atoms with E-state index >= 15 is 0 Å². The summed E-state index contributed by atoms with van der Waals surface area (Å²) in [5.41, 5.74) is 1.55. The normalized spacial score (nSPS) is 11.3. The number of rotatable bonds is 6. The third-order valence-corrected chi connectivity index (χ3v) is 3.53. The average Bonchev–Trinajstić information content (AvgIpc) is 2.58. The SMILES string of the molecule is CCCCNC(=O)O/N=C(\C)c1ccc2cc(OC)ccc2c1. The Hall–Kier alpha value is -2.56. The fourth-order valence-electron chi connectivity index (χ4n) is 2.14. The van der Waals surface area contributed by atoms with Gasteiger partial charge in [0, 0.05) is 6.54 Å². The van der Waals surface area contributed by atoms with Gasteiger partial charge in [-0.1, -0.05) is 36.7 Å². The van der Waals surface area contributed by atoms with E-state index in [1.807, 2.05) is 43.3 Å². The predicted molar refractivity (Wildman–Crippen MR) is 92.1 cm³/mol. The largest absolute Gasteiger partial charge is 0.497 e. The zero-order valence-electron chi connectivity index (χ0n) is 13.8. The maximum absolute atomic E-state index is 11.5. The minimum atomic E-state index is -0.525. The van der Waals surface area contributed by atoms with Crippen LogP contribution in [-0.2, 0) is 4.84 Å². The third-order valence-electron chi connectivity index (χ3n) is 3.53. The molecule has 0 aliphatic carbocycles. The van der Waals surface area contributed by atoms with Gasteiger partial charge in [-0.2, -0.15) is 0 Å². The van der Waals surface area contributed by atoms with Crippen molar-refractivity contribution in [2.45, 2.75) is 26.7 Å². The first-order valence-electron chi connectivity index (χ1n) is 7.71. The molecule has 0 saturated carbocycles. The van der Waals surface area contributed by atoms with E-state index in [2.05, 4.69) is 17.4 Å². The molecule has 0 saturated heterocycles. The third kappa shape index (κ3) is 4.71. The first kappa shape index (κ1) is 16.8. The van der Waals surface area contributed by atoms with Gasteiger partial charge in [0.15, 0.2) is 0 Å². The Bertz CT molecular complexity index is 710. The lowest BCUT2D eigenvalue weighted by Crippen LogP contribution is -2.24. The molecule has 0 radical (unpaired) electrons. The number of amides is 1. The second kappa shape index (κ2) is 8.17. The second-order valence-electron chi connectivity index (χ2n) is 5.26. The second-order valence-corrected chi connectivity index (χ2v) is 5.26. The number of nitrogens with one attached hydrogen (secondary N) is 1. The summed E-state index contributed by atoms with van der Waals surface area (Å²) in [5, 5.41) is 8.70. The summed E-state index contributed by atoms with van der Waals surface area (Å²) < 4.78 is 5.22. The van der Waals surface area contributed by atoms with Crippen LogP contribution >= 0.6 is 0 Å². The van der Waals surface area contributed by atoms with E-state index in [1.165, 1.54) is 0 Å². The molecule has 122 valence electrons. The Kier molecular flexibility index (Phi) is 5.97. The Morgan fingerprint density at radius 2 is 1.91 bits per heavy atom. The molecule has 0 spiro atoms. The van der Waals surface area contributed by atoms with Gasteiger partial charge < -0.3 is 10.1 Å². The van der Waals surface area contributed by atoms with Crippen LogP contribution in [-0.4, -0.2) is 25.5 Å². The van der Waals surface area contributed by atoms with Gasteiger partial charge in [-0.05, 0) is 47.9 Å². The first-order valence-corrected chi connectivity index (χ1v) is 7.71. The van der Waals surface area contributed by atoms with Crippen LogP contribution in [0.4, 0.5) is 4.79 Å². The summed E-state index contributed by atoms with van der Waals surface area (Å²) in [5.74, 6) is 0.822. The van der Waals surface area contributed by atoms with Crippen molar-refractivity contribution in [1.82, 2.24) is 5.32 Å². The van der Waals surface area contributed by atoms with Crippen LogP contribution < -0.4 is 10.1 Å². The summed E-state index contributed by atoms with van der Waals surface area (Å²) in [6, 6.07) is 11.8. The molecule has 0 aromatic heterocycles. The highest BCUT2D eigenvalue weighted by atomic mass is 16.7. The topological polar surface area (TPSA) is 59.9 Å². The molecule has 0 aliphatic rings. The van der Waals surface area contributed by atoms with E-state index in [4.69, 9.17) is 9.57 Å². The van der Waals surface area contributed by atoms with E-state index in [-0.39, 0.29) is 0 Å². The number of benzene rings is 2. The molecule has 2 aromatic rings. The number of hydrogen-bond acceptors (Lipinski definition) is 4. The number of ether oxygens (including phenoxy) is 1. The lowest BCUT2D eigenvalue weighted by molar-refractivity contribution is 0.150. The molecule has 2 rings (SSSR count). The zero-order valence-corrected chi connectivity index (χ0v) is 13.8. The standard InChI is InChI=1S/C18H22N2O3/c1-4-5-10-19-18(21)23-20-13(2)14-6-7-16-12-17(22-3)9-8-15(16)11-14/h6-9,11-12H,4-5,10H2,1-3H3,(H,19,21)/b20-13+. The summed E-state index contributed by atoms with van der Waals surface area (Å²) >= 11 is 0. The lowest BCUT2D eigenvalue weighted by atomic mass is 10.0.